The number of ketones is 1. The van der Waals surface area contributed by atoms with Crippen LogP contribution in [-0.2, 0) is 4.79 Å². The number of carbonyl (C=O) groups excluding carboxylic acids is 1. The highest BCUT2D eigenvalue weighted by Crippen LogP contribution is 2.17. The number of alkyl halides is 2. The maximum Gasteiger partial charge on any atom is 0.387 e. The second-order valence-electron chi connectivity index (χ2n) is 4.50. The minimum absolute atomic E-state index is 0.0341. The number of hydrogen-bond acceptors (Lipinski definition) is 4. The van der Waals surface area contributed by atoms with Gasteiger partial charge in [-0.15, -0.1) is 0 Å². The first-order chi connectivity index (χ1) is 11.1. The lowest BCUT2D eigenvalue weighted by molar-refractivity contribution is -0.114. The Bertz CT molecular complexity index is 723. The largest absolute Gasteiger partial charge is 0.435 e. The molecule has 0 amide bonds. The monoisotopic (exact) mass is 314 g/mol. The van der Waals surface area contributed by atoms with Crippen molar-refractivity contribution in [2.75, 3.05) is 0 Å². The Labute approximate surface area is 131 Å². The molecule has 0 spiro atoms. The van der Waals surface area contributed by atoms with Crippen LogP contribution < -0.4 is 4.74 Å². The number of hydrogen-bond donors (Lipinski definition) is 0. The number of aromatic nitrogens is 1. The highest BCUT2D eigenvalue weighted by Gasteiger charge is 2.18. The summed E-state index contributed by atoms with van der Waals surface area (Å²) in [4.78, 5) is 16.1. The van der Waals surface area contributed by atoms with Crippen molar-refractivity contribution >= 4 is 11.9 Å². The van der Waals surface area contributed by atoms with Gasteiger partial charge in [-0.3, -0.25) is 9.78 Å². The topological polar surface area (TPSA) is 63.0 Å². The van der Waals surface area contributed by atoms with Gasteiger partial charge in [-0.2, -0.15) is 14.0 Å². The van der Waals surface area contributed by atoms with Gasteiger partial charge in [0.25, 0.3) is 0 Å². The molecule has 1 heterocycles. The van der Waals surface area contributed by atoms with Gasteiger partial charge in [0, 0.05) is 6.20 Å². The van der Waals surface area contributed by atoms with E-state index >= 15 is 0 Å². The van der Waals surface area contributed by atoms with E-state index in [9.17, 15) is 13.6 Å². The Morgan fingerprint density at radius 2 is 1.96 bits per heavy atom. The maximum absolute atomic E-state index is 12.1. The van der Waals surface area contributed by atoms with E-state index in [1.165, 1.54) is 42.6 Å². The predicted octanol–water partition coefficient (Wildman–Crippen LogP) is 3.57. The van der Waals surface area contributed by atoms with Crippen molar-refractivity contribution in [3.05, 3.63) is 66.0 Å². The molecule has 0 aliphatic rings. The highest BCUT2D eigenvalue weighted by molar-refractivity contribution is 6.00. The molecule has 4 nitrogen and oxygen atoms in total. The van der Waals surface area contributed by atoms with E-state index in [-0.39, 0.29) is 5.75 Å². The molecule has 2 rings (SSSR count). The predicted molar refractivity (Wildman–Crippen MR) is 79.7 cm³/mol. The molecular weight excluding hydrogens is 302 g/mol. The molecule has 0 saturated heterocycles. The van der Waals surface area contributed by atoms with Crippen LogP contribution in [0.15, 0.2) is 54.7 Å². The molecule has 0 saturated carbocycles. The van der Waals surface area contributed by atoms with E-state index in [1.54, 1.807) is 18.2 Å². The second-order valence-corrected chi connectivity index (χ2v) is 4.50. The molecule has 116 valence electrons. The van der Waals surface area contributed by atoms with Crippen molar-refractivity contribution in [1.29, 1.82) is 5.26 Å². The van der Waals surface area contributed by atoms with E-state index in [1.807, 2.05) is 6.07 Å². The van der Waals surface area contributed by atoms with Gasteiger partial charge in [0.1, 0.15) is 5.75 Å². The van der Waals surface area contributed by atoms with Crippen LogP contribution in [0.1, 0.15) is 17.2 Å². The number of halogens is 2. The van der Waals surface area contributed by atoms with Gasteiger partial charge in [0.05, 0.1) is 11.8 Å². The summed E-state index contributed by atoms with van der Waals surface area (Å²) in [5.41, 5.74) is 1.00. The summed E-state index contributed by atoms with van der Waals surface area (Å²) in [5, 5.41) is 9.14. The Kier molecular flexibility index (Phi) is 5.53. The first-order valence-corrected chi connectivity index (χ1v) is 6.67. The molecule has 23 heavy (non-hydrogen) atoms. The van der Waals surface area contributed by atoms with E-state index in [0.29, 0.717) is 11.3 Å². The number of nitriles is 1. The van der Waals surface area contributed by atoms with Crippen molar-refractivity contribution in [1.82, 2.24) is 4.98 Å². The standard InChI is InChI=1S/C17H12F2N2O2/c18-17(19)23-13-7-4-12(5-8-13)6-9-16(22)14(11-20)15-3-1-2-10-21-15/h1-10,14,17H/b9-6+/t14-/m1/s1. The number of nitrogens with zero attached hydrogens (tertiary/aromatic N) is 2. The summed E-state index contributed by atoms with van der Waals surface area (Å²) >= 11 is 0. The van der Waals surface area contributed by atoms with Crippen molar-refractivity contribution in [2.45, 2.75) is 12.5 Å². The quantitative estimate of drug-likeness (QED) is 0.765. The number of pyridine rings is 1. The van der Waals surface area contributed by atoms with E-state index in [4.69, 9.17) is 5.26 Å². The molecule has 0 radical (unpaired) electrons. The molecule has 0 fully saturated rings. The van der Waals surface area contributed by atoms with Crippen LogP contribution >= 0.6 is 0 Å². The van der Waals surface area contributed by atoms with Gasteiger partial charge in [-0.05, 0) is 35.9 Å². The van der Waals surface area contributed by atoms with E-state index in [2.05, 4.69) is 9.72 Å². The molecule has 1 aromatic carbocycles. The minimum Gasteiger partial charge on any atom is -0.435 e. The Morgan fingerprint density at radius 3 is 2.52 bits per heavy atom. The van der Waals surface area contributed by atoms with Crippen molar-refractivity contribution in [3.63, 3.8) is 0 Å². The second kappa shape index (κ2) is 7.80. The fraction of sp³-hybridized carbons (Fsp3) is 0.118. The summed E-state index contributed by atoms with van der Waals surface area (Å²) in [6.45, 7) is -2.88. The zero-order chi connectivity index (χ0) is 16.7. The Morgan fingerprint density at radius 1 is 1.22 bits per heavy atom. The normalized spacial score (nSPS) is 12.1. The third-order valence-corrected chi connectivity index (χ3v) is 2.94. The first-order valence-electron chi connectivity index (χ1n) is 6.67. The lowest BCUT2D eigenvalue weighted by Gasteiger charge is -2.05. The van der Waals surface area contributed by atoms with E-state index in [0.717, 1.165) is 0 Å². The lowest BCUT2D eigenvalue weighted by Crippen LogP contribution is -2.09. The van der Waals surface area contributed by atoms with Crippen LogP contribution in [0.3, 0.4) is 0 Å². The summed E-state index contributed by atoms with van der Waals surface area (Å²) in [6, 6.07) is 12.7. The maximum atomic E-state index is 12.1. The number of ether oxygens (including phenoxy) is 1. The van der Waals surface area contributed by atoms with Crippen LogP contribution in [0.25, 0.3) is 6.08 Å². The molecule has 0 aliphatic heterocycles. The zero-order valence-electron chi connectivity index (χ0n) is 11.9. The van der Waals surface area contributed by atoms with E-state index < -0.39 is 18.3 Å². The van der Waals surface area contributed by atoms with Crippen molar-refractivity contribution in [2.24, 2.45) is 0 Å². The molecular formula is C17H12F2N2O2. The minimum atomic E-state index is -2.88. The molecule has 0 N–H and O–H groups in total. The lowest BCUT2D eigenvalue weighted by atomic mass is 10.00. The zero-order valence-corrected chi connectivity index (χ0v) is 11.9. The molecule has 1 aromatic heterocycles. The van der Waals surface area contributed by atoms with Gasteiger partial charge < -0.3 is 4.74 Å². The molecule has 0 bridgehead atoms. The van der Waals surface area contributed by atoms with Gasteiger partial charge in [0.2, 0.25) is 0 Å². The van der Waals surface area contributed by atoms with Crippen LogP contribution in [0.5, 0.6) is 5.75 Å². The first kappa shape index (κ1) is 16.3. The average Bonchev–Trinajstić information content (AvgIpc) is 2.55. The fourth-order valence-electron chi connectivity index (χ4n) is 1.86. The molecule has 6 heteroatoms. The summed E-state index contributed by atoms with van der Waals surface area (Å²) in [5.74, 6) is -1.35. The molecule has 0 aliphatic carbocycles. The third-order valence-electron chi connectivity index (χ3n) is 2.94. The molecule has 0 unspecified atom stereocenters. The smallest absolute Gasteiger partial charge is 0.387 e. The van der Waals surface area contributed by atoms with Gasteiger partial charge >= 0.3 is 6.61 Å². The summed E-state index contributed by atoms with van der Waals surface area (Å²) in [7, 11) is 0. The van der Waals surface area contributed by atoms with Gasteiger partial charge in [-0.1, -0.05) is 24.3 Å². The van der Waals surface area contributed by atoms with Crippen LogP contribution in [-0.4, -0.2) is 17.4 Å². The van der Waals surface area contributed by atoms with Crippen molar-refractivity contribution in [3.8, 4) is 11.8 Å². The van der Waals surface area contributed by atoms with Crippen molar-refractivity contribution < 1.29 is 18.3 Å². The fourth-order valence-corrected chi connectivity index (χ4v) is 1.86. The number of rotatable bonds is 6. The average molecular weight is 314 g/mol. The molecule has 1 atom stereocenters. The highest BCUT2D eigenvalue weighted by atomic mass is 19.3. The van der Waals surface area contributed by atoms with Gasteiger partial charge in [-0.25, -0.2) is 0 Å². The number of benzene rings is 1. The Balaban J connectivity index is 2.07. The molecule has 2 aromatic rings. The SMILES string of the molecule is N#C[C@@H](C(=O)/C=C/c1ccc(OC(F)F)cc1)c1ccccn1. The summed E-state index contributed by atoms with van der Waals surface area (Å²) < 4.78 is 28.3. The third kappa shape index (κ3) is 4.71. The van der Waals surface area contributed by atoms with Crippen LogP contribution in [0.4, 0.5) is 8.78 Å². The number of carbonyl (C=O) groups is 1. The van der Waals surface area contributed by atoms with Gasteiger partial charge in [0.15, 0.2) is 11.7 Å². The Hall–Kier alpha value is -3.07. The van der Waals surface area contributed by atoms with Crippen LogP contribution in [0.2, 0.25) is 0 Å². The number of allylic oxidation sites excluding steroid dienone is 1. The van der Waals surface area contributed by atoms with Crippen LogP contribution in [0, 0.1) is 11.3 Å². The summed E-state index contributed by atoms with van der Waals surface area (Å²) in [6.07, 6.45) is 4.28.